The average Bonchev–Trinajstić information content (AvgIpc) is 2.78. The van der Waals surface area contributed by atoms with Crippen LogP contribution in [-0.2, 0) is 9.53 Å². The lowest BCUT2D eigenvalue weighted by Gasteiger charge is -2.18. The number of nitrogens with one attached hydrogen (secondary N) is 1. The molecule has 3 aromatic rings. The summed E-state index contributed by atoms with van der Waals surface area (Å²) in [6.45, 7) is 0. The van der Waals surface area contributed by atoms with Crippen molar-refractivity contribution >= 4 is 17.6 Å². The third-order valence-corrected chi connectivity index (χ3v) is 4.23. The van der Waals surface area contributed by atoms with Gasteiger partial charge in [-0.3, -0.25) is 4.79 Å². The maximum Gasteiger partial charge on any atom is 0.339 e. The molecular formula is C23H21NO5. The Kier molecular flexibility index (Phi) is 6.47. The van der Waals surface area contributed by atoms with Crippen LogP contribution in [0.5, 0.6) is 11.5 Å². The van der Waals surface area contributed by atoms with Crippen molar-refractivity contribution in [2.45, 2.75) is 6.10 Å². The normalized spacial score (nSPS) is 11.2. The van der Waals surface area contributed by atoms with E-state index in [1.807, 2.05) is 6.07 Å². The first kappa shape index (κ1) is 19.9. The zero-order valence-electron chi connectivity index (χ0n) is 16.1. The molecule has 0 saturated heterocycles. The van der Waals surface area contributed by atoms with Crippen molar-refractivity contribution in [3.8, 4) is 11.5 Å². The van der Waals surface area contributed by atoms with Gasteiger partial charge in [0.25, 0.3) is 5.91 Å². The van der Waals surface area contributed by atoms with Crippen molar-refractivity contribution in [1.82, 2.24) is 0 Å². The summed E-state index contributed by atoms with van der Waals surface area (Å²) in [7, 11) is 3.09. The minimum atomic E-state index is -1.11. The summed E-state index contributed by atoms with van der Waals surface area (Å²) in [5.74, 6) is 0.153. The highest BCUT2D eigenvalue weighted by Crippen LogP contribution is 2.24. The predicted octanol–water partition coefficient (Wildman–Crippen LogP) is 4.24. The second-order valence-corrected chi connectivity index (χ2v) is 6.15. The van der Waals surface area contributed by atoms with Gasteiger partial charge in [-0.05, 0) is 36.4 Å². The molecule has 3 aromatic carbocycles. The Bertz CT molecular complexity index is 970. The van der Waals surface area contributed by atoms with Gasteiger partial charge >= 0.3 is 5.97 Å². The number of carbonyl (C=O) groups is 2. The summed E-state index contributed by atoms with van der Waals surface area (Å²) in [6, 6.07) is 22.3. The first-order chi connectivity index (χ1) is 14.1. The average molecular weight is 391 g/mol. The Morgan fingerprint density at radius 3 is 2.14 bits per heavy atom. The number of esters is 1. The lowest BCUT2D eigenvalue weighted by molar-refractivity contribution is -0.125. The van der Waals surface area contributed by atoms with E-state index in [9.17, 15) is 9.59 Å². The van der Waals surface area contributed by atoms with E-state index in [-0.39, 0.29) is 0 Å². The standard InChI is InChI=1S/C23H21NO5/c1-27-19-13-11-17(12-14-19)23(26)29-21(16-7-4-3-5-8-16)22(25)24-18-9-6-10-20(15-18)28-2/h3-15,21H,1-2H3,(H,24,25)/t21-/m1/s1. The number of methoxy groups -OCH3 is 2. The van der Waals surface area contributed by atoms with Crippen LogP contribution in [0.4, 0.5) is 5.69 Å². The maximum atomic E-state index is 12.9. The number of hydrogen-bond donors (Lipinski definition) is 1. The molecule has 6 heteroatoms. The van der Waals surface area contributed by atoms with Crippen LogP contribution in [0.3, 0.4) is 0 Å². The number of amides is 1. The van der Waals surface area contributed by atoms with E-state index in [2.05, 4.69) is 5.32 Å². The molecule has 0 saturated carbocycles. The molecule has 0 bridgehead atoms. The van der Waals surface area contributed by atoms with Gasteiger partial charge in [0.2, 0.25) is 6.10 Å². The first-order valence-corrected chi connectivity index (χ1v) is 8.95. The molecule has 0 spiro atoms. The maximum absolute atomic E-state index is 12.9. The van der Waals surface area contributed by atoms with E-state index >= 15 is 0 Å². The van der Waals surface area contributed by atoms with Gasteiger partial charge in [-0.2, -0.15) is 0 Å². The SMILES string of the molecule is COc1ccc(C(=O)O[C@@H](C(=O)Nc2cccc(OC)c2)c2ccccc2)cc1. The van der Waals surface area contributed by atoms with Crippen LogP contribution in [0.1, 0.15) is 22.0 Å². The van der Waals surface area contributed by atoms with Gasteiger partial charge in [-0.25, -0.2) is 4.79 Å². The quantitative estimate of drug-likeness (QED) is 0.610. The molecular weight excluding hydrogens is 370 g/mol. The molecule has 148 valence electrons. The van der Waals surface area contributed by atoms with Gasteiger partial charge in [-0.15, -0.1) is 0 Å². The predicted molar refractivity (Wildman–Crippen MR) is 109 cm³/mol. The summed E-state index contributed by atoms with van der Waals surface area (Å²) >= 11 is 0. The van der Waals surface area contributed by atoms with Crippen LogP contribution in [0.25, 0.3) is 0 Å². The third kappa shape index (κ3) is 5.13. The second kappa shape index (κ2) is 9.41. The monoisotopic (exact) mass is 391 g/mol. The van der Waals surface area contributed by atoms with Gasteiger partial charge in [0, 0.05) is 17.3 Å². The first-order valence-electron chi connectivity index (χ1n) is 8.95. The highest BCUT2D eigenvalue weighted by Gasteiger charge is 2.26. The Morgan fingerprint density at radius 2 is 1.48 bits per heavy atom. The van der Waals surface area contributed by atoms with E-state index < -0.39 is 18.0 Å². The zero-order chi connectivity index (χ0) is 20.6. The Morgan fingerprint density at radius 1 is 0.793 bits per heavy atom. The fourth-order valence-corrected chi connectivity index (χ4v) is 2.71. The van der Waals surface area contributed by atoms with Crippen molar-refractivity contribution in [1.29, 1.82) is 0 Å². The van der Waals surface area contributed by atoms with Crippen LogP contribution < -0.4 is 14.8 Å². The van der Waals surface area contributed by atoms with E-state index in [0.717, 1.165) is 0 Å². The summed E-state index contributed by atoms with van der Waals surface area (Å²) < 4.78 is 15.8. The van der Waals surface area contributed by atoms with Crippen LogP contribution in [0.2, 0.25) is 0 Å². The van der Waals surface area contributed by atoms with Crippen LogP contribution in [0.15, 0.2) is 78.9 Å². The molecule has 0 aliphatic heterocycles. The van der Waals surface area contributed by atoms with Gasteiger partial charge in [-0.1, -0.05) is 36.4 Å². The number of ether oxygens (including phenoxy) is 3. The summed E-state index contributed by atoms with van der Waals surface area (Å²) in [5.41, 5.74) is 1.42. The molecule has 1 amide bonds. The third-order valence-electron chi connectivity index (χ3n) is 4.23. The molecule has 0 fully saturated rings. The lowest BCUT2D eigenvalue weighted by atomic mass is 10.1. The van der Waals surface area contributed by atoms with Crippen molar-refractivity contribution in [2.24, 2.45) is 0 Å². The van der Waals surface area contributed by atoms with Gasteiger partial charge in [0.1, 0.15) is 11.5 Å². The lowest BCUT2D eigenvalue weighted by Crippen LogP contribution is -2.26. The van der Waals surface area contributed by atoms with E-state index in [4.69, 9.17) is 14.2 Å². The fraction of sp³-hybridized carbons (Fsp3) is 0.130. The molecule has 0 heterocycles. The van der Waals surface area contributed by atoms with E-state index in [1.54, 1.807) is 87.0 Å². The molecule has 3 rings (SSSR count). The van der Waals surface area contributed by atoms with Gasteiger partial charge < -0.3 is 19.5 Å². The van der Waals surface area contributed by atoms with Gasteiger partial charge in [0.05, 0.1) is 19.8 Å². The molecule has 6 nitrogen and oxygen atoms in total. The van der Waals surface area contributed by atoms with Crippen LogP contribution >= 0.6 is 0 Å². The molecule has 0 aliphatic rings. The number of carbonyl (C=O) groups excluding carboxylic acids is 2. The largest absolute Gasteiger partial charge is 0.497 e. The number of anilines is 1. The van der Waals surface area contributed by atoms with Crippen molar-refractivity contribution in [3.05, 3.63) is 90.0 Å². The molecule has 1 N–H and O–H groups in total. The van der Waals surface area contributed by atoms with Crippen molar-refractivity contribution < 1.29 is 23.8 Å². The topological polar surface area (TPSA) is 73.9 Å². The van der Waals surface area contributed by atoms with Crippen molar-refractivity contribution in [3.63, 3.8) is 0 Å². The molecule has 0 radical (unpaired) electrons. The highest BCUT2D eigenvalue weighted by atomic mass is 16.5. The number of benzene rings is 3. The number of rotatable bonds is 7. The smallest absolute Gasteiger partial charge is 0.339 e. The Labute approximate surface area is 169 Å². The van der Waals surface area contributed by atoms with Gasteiger partial charge in [0.15, 0.2) is 0 Å². The summed E-state index contributed by atoms with van der Waals surface area (Å²) in [4.78, 5) is 25.6. The molecule has 0 aromatic heterocycles. The Hall–Kier alpha value is -3.80. The van der Waals surface area contributed by atoms with Crippen LogP contribution in [0, 0.1) is 0 Å². The molecule has 0 aliphatic carbocycles. The number of hydrogen-bond acceptors (Lipinski definition) is 5. The highest BCUT2D eigenvalue weighted by molar-refractivity contribution is 5.98. The summed E-state index contributed by atoms with van der Waals surface area (Å²) in [6.07, 6.45) is -1.11. The van der Waals surface area contributed by atoms with Crippen LogP contribution in [-0.4, -0.2) is 26.1 Å². The summed E-state index contributed by atoms with van der Waals surface area (Å²) in [5, 5.41) is 2.77. The minimum absolute atomic E-state index is 0.320. The minimum Gasteiger partial charge on any atom is -0.497 e. The second-order valence-electron chi connectivity index (χ2n) is 6.15. The van der Waals surface area contributed by atoms with Crippen molar-refractivity contribution in [2.75, 3.05) is 19.5 Å². The molecule has 0 unspecified atom stereocenters. The molecule has 29 heavy (non-hydrogen) atoms. The van der Waals surface area contributed by atoms with E-state index in [0.29, 0.717) is 28.3 Å². The Balaban J connectivity index is 1.82. The molecule has 1 atom stereocenters. The van der Waals surface area contributed by atoms with E-state index in [1.165, 1.54) is 0 Å². The zero-order valence-corrected chi connectivity index (χ0v) is 16.1. The fourth-order valence-electron chi connectivity index (χ4n) is 2.71.